The van der Waals surface area contributed by atoms with Gasteiger partial charge in [0.25, 0.3) is 0 Å². The Bertz CT molecular complexity index is 380. The topological polar surface area (TPSA) is 68.8 Å². The number of rotatable bonds is 2. The third-order valence-electron chi connectivity index (χ3n) is 3.87. The minimum atomic E-state index is 0.260. The molecule has 2 aliphatic rings. The van der Waals surface area contributed by atoms with Crippen LogP contribution in [-0.4, -0.2) is 33.9 Å². The number of nitrogens with zero attached hydrogens (tertiary/aromatic N) is 3. The number of piperidine rings is 1. The summed E-state index contributed by atoms with van der Waals surface area (Å²) in [7, 11) is 0. The molecule has 3 heterocycles. The molecular weight excluding hydrogens is 214 g/mol. The van der Waals surface area contributed by atoms with Crippen LogP contribution >= 0.6 is 0 Å². The fourth-order valence-corrected chi connectivity index (χ4v) is 2.82. The van der Waals surface area contributed by atoms with Crippen LogP contribution in [0.25, 0.3) is 0 Å². The minimum absolute atomic E-state index is 0.260. The molecule has 5 nitrogen and oxygen atoms in total. The Morgan fingerprint density at radius 2 is 2.12 bits per heavy atom. The second kappa shape index (κ2) is 4.74. The van der Waals surface area contributed by atoms with Crippen LogP contribution in [0.5, 0.6) is 0 Å². The monoisotopic (exact) mass is 235 g/mol. The fourth-order valence-electron chi connectivity index (χ4n) is 2.82. The van der Waals surface area contributed by atoms with Crippen molar-refractivity contribution in [2.45, 2.75) is 44.7 Å². The van der Waals surface area contributed by atoms with E-state index in [2.05, 4.69) is 15.4 Å². The van der Waals surface area contributed by atoms with E-state index in [9.17, 15) is 0 Å². The van der Waals surface area contributed by atoms with Crippen molar-refractivity contribution in [3.63, 3.8) is 0 Å². The summed E-state index contributed by atoms with van der Waals surface area (Å²) in [5.74, 6) is 2.92. The first-order chi connectivity index (χ1) is 8.31. The van der Waals surface area contributed by atoms with E-state index in [1.54, 1.807) is 0 Å². The van der Waals surface area contributed by atoms with E-state index in [1.165, 1.54) is 12.8 Å². The molecule has 1 aromatic rings. The highest BCUT2D eigenvalue weighted by molar-refractivity contribution is 4.99. The average molecular weight is 235 g/mol. The van der Waals surface area contributed by atoms with Crippen LogP contribution in [0, 0.1) is 5.92 Å². The van der Waals surface area contributed by atoms with Crippen molar-refractivity contribution in [3.05, 3.63) is 11.6 Å². The van der Waals surface area contributed by atoms with E-state index < -0.39 is 0 Å². The van der Waals surface area contributed by atoms with Crippen LogP contribution in [0.1, 0.15) is 30.9 Å². The molecule has 1 fully saturated rings. The second-order valence-electron chi connectivity index (χ2n) is 5.32. The van der Waals surface area contributed by atoms with Gasteiger partial charge in [0.2, 0.25) is 0 Å². The molecular formula is C12H21N5. The Kier molecular flexibility index (Phi) is 3.11. The van der Waals surface area contributed by atoms with E-state index in [4.69, 9.17) is 5.73 Å². The van der Waals surface area contributed by atoms with Gasteiger partial charge in [-0.3, -0.25) is 0 Å². The van der Waals surface area contributed by atoms with E-state index >= 15 is 0 Å². The Labute approximate surface area is 102 Å². The smallest absolute Gasteiger partial charge is 0.151 e. The number of aryl methyl sites for hydroxylation is 1. The summed E-state index contributed by atoms with van der Waals surface area (Å²) >= 11 is 0. The molecule has 3 N–H and O–H groups in total. The SMILES string of the molecule is NC1CCc2nc(CC3CCNCC3)nn2C1. The Hall–Kier alpha value is -0.940. The lowest BCUT2D eigenvalue weighted by Gasteiger charge is -2.21. The van der Waals surface area contributed by atoms with Crippen LogP contribution in [0.3, 0.4) is 0 Å². The summed E-state index contributed by atoms with van der Waals surface area (Å²) in [5, 5.41) is 7.99. The van der Waals surface area contributed by atoms with Crippen LogP contribution in [0.2, 0.25) is 0 Å². The van der Waals surface area contributed by atoms with Crippen molar-refractivity contribution in [1.82, 2.24) is 20.1 Å². The van der Waals surface area contributed by atoms with Gasteiger partial charge in [-0.25, -0.2) is 9.67 Å². The summed E-state index contributed by atoms with van der Waals surface area (Å²) in [6, 6.07) is 0.260. The predicted octanol–water partition coefficient (Wildman–Crippen LogP) is 0.0937. The first-order valence-corrected chi connectivity index (χ1v) is 6.70. The highest BCUT2D eigenvalue weighted by atomic mass is 15.4. The van der Waals surface area contributed by atoms with Gasteiger partial charge in [0, 0.05) is 18.9 Å². The largest absolute Gasteiger partial charge is 0.326 e. The first kappa shape index (κ1) is 11.2. The molecule has 0 amide bonds. The zero-order valence-electron chi connectivity index (χ0n) is 10.2. The molecule has 0 spiro atoms. The quantitative estimate of drug-likeness (QED) is 0.762. The maximum absolute atomic E-state index is 5.95. The first-order valence-electron chi connectivity index (χ1n) is 6.70. The van der Waals surface area contributed by atoms with Gasteiger partial charge in [0.1, 0.15) is 5.82 Å². The van der Waals surface area contributed by atoms with Crippen molar-refractivity contribution in [3.8, 4) is 0 Å². The van der Waals surface area contributed by atoms with Crippen molar-refractivity contribution >= 4 is 0 Å². The Balaban J connectivity index is 1.67. The van der Waals surface area contributed by atoms with Gasteiger partial charge in [-0.15, -0.1) is 0 Å². The molecule has 1 atom stereocenters. The summed E-state index contributed by atoms with van der Waals surface area (Å²) in [4.78, 5) is 4.66. The third-order valence-corrected chi connectivity index (χ3v) is 3.87. The van der Waals surface area contributed by atoms with Crippen LogP contribution in [0.4, 0.5) is 0 Å². The summed E-state index contributed by atoms with van der Waals surface area (Å²) in [5.41, 5.74) is 5.95. The molecule has 0 saturated carbocycles. The third kappa shape index (κ3) is 2.50. The normalized spacial score (nSPS) is 25.8. The highest BCUT2D eigenvalue weighted by Gasteiger charge is 2.21. The second-order valence-corrected chi connectivity index (χ2v) is 5.32. The van der Waals surface area contributed by atoms with Crippen LogP contribution in [-0.2, 0) is 19.4 Å². The molecule has 2 aliphatic heterocycles. The van der Waals surface area contributed by atoms with Crippen molar-refractivity contribution in [2.24, 2.45) is 11.7 Å². The van der Waals surface area contributed by atoms with Gasteiger partial charge >= 0.3 is 0 Å². The molecule has 0 radical (unpaired) electrons. The lowest BCUT2D eigenvalue weighted by molar-refractivity contribution is 0.365. The average Bonchev–Trinajstić information content (AvgIpc) is 2.71. The van der Waals surface area contributed by atoms with Gasteiger partial charge in [-0.1, -0.05) is 0 Å². The standard InChI is InChI=1S/C12H21N5/c13-10-1-2-12-15-11(16-17(12)8-10)7-9-3-5-14-6-4-9/h9-10,14H,1-8,13H2. The van der Waals surface area contributed by atoms with Crippen molar-refractivity contribution in [1.29, 1.82) is 0 Å². The molecule has 1 unspecified atom stereocenters. The summed E-state index contributed by atoms with van der Waals surface area (Å²) in [6.07, 6.45) is 5.58. The van der Waals surface area contributed by atoms with E-state index in [-0.39, 0.29) is 6.04 Å². The lowest BCUT2D eigenvalue weighted by atomic mass is 9.94. The van der Waals surface area contributed by atoms with E-state index in [0.717, 1.165) is 56.5 Å². The van der Waals surface area contributed by atoms with Gasteiger partial charge in [-0.2, -0.15) is 5.10 Å². The molecule has 5 heteroatoms. The van der Waals surface area contributed by atoms with Gasteiger partial charge in [0.05, 0.1) is 6.54 Å². The number of aromatic nitrogens is 3. The highest BCUT2D eigenvalue weighted by Crippen LogP contribution is 2.18. The molecule has 0 aromatic carbocycles. The van der Waals surface area contributed by atoms with Crippen LogP contribution < -0.4 is 11.1 Å². The Morgan fingerprint density at radius 3 is 2.94 bits per heavy atom. The molecule has 17 heavy (non-hydrogen) atoms. The van der Waals surface area contributed by atoms with Gasteiger partial charge in [-0.05, 0) is 38.3 Å². The number of hydrogen-bond acceptors (Lipinski definition) is 4. The van der Waals surface area contributed by atoms with Crippen molar-refractivity contribution in [2.75, 3.05) is 13.1 Å². The zero-order valence-corrected chi connectivity index (χ0v) is 10.2. The van der Waals surface area contributed by atoms with Gasteiger partial charge in [0.15, 0.2) is 5.82 Å². The summed E-state index contributed by atoms with van der Waals surface area (Å²) < 4.78 is 2.02. The maximum atomic E-state index is 5.95. The summed E-state index contributed by atoms with van der Waals surface area (Å²) in [6.45, 7) is 3.13. The number of nitrogens with one attached hydrogen (secondary N) is 1. The Morgan fingerprint density at radius 1 is 1.29 bits per heavy atom. The van der Waals surface area contributed by atoms with Gasteiger partial charge < -0.3 is 11.1 Å². The number of nitrogens with two attached hydrogens (primary N) is 1. The van der Waals surface area contributed by atoms with E-state index in [1.807, 2.05) is 4.68 Å². The predicted molar refractivity (Wildman–Crippen MR) is 65.6 cm³/mol. The van der Waals surface area contributed by atoms with Crippen LogP contribution in [0.15, 0.2) is 0 Å². The van der Waals surface area contributed by atoms with Crippen molar-refractivity contribution < 1.29 is 0 Å². The van der Waals surface area contributed by atoms with E-state index in [0.29, 0.717) is 0 Å². The molecule has 94 valence electrons. The maximum Gasteiger partial charge on any atom is 0.151 e. The molecule has 1 saturated heterocycles. The molecule has 3 rings (SSSR count). The minimum Gasteiger partial charge on any atom is -0.326 e. The molecule has 0 bridgehead atoms. The molecule has 1 aromatic heterocycles. The number of hydrogen-bond donors (Lipinski definition) is 2. The lowest BCUT2D eigenvalue weighted by Crippen LogP contribution is -2.32. The number of fused-ring (bicyclic) bond motifs is 1. The zero-order chi connectivity index (χ0) is 11.7. The fraction of sp³-hybridized carbons (Fsp3) is 0.833. The molecule has 0 aliphatic carbocycles.